The lowest BCUT2D eigenvalue weighted by molar-refractivity contribution is 0.0899. The van der Waals surface area contributed by atoms with E-state index in [0.29, 0.717) is 5.76 Å². The second kappa shape index (κ2) is 6.35. The number of H-pyrrole nitrogens is 1. The van der Waals surface area contributed by atoms with Crippen molar-refractivity contribution >= 4 is 5.91 Å². The number of nitrogens with one attached hydrogen (secondary N) is 2. The highest BCUT2D eigenvalue weighted by molar-refractivity contribution is 5.93. The maximum Gasteiger partial charge on any atom is 0.273 e. The van der Waals surface area contributed by atoms with E-state index in [1.165, 1.54) is 12.4 Å². The fourth-order valence-corrected chi connectivity index (χ4v) is 2.96. The van der Waals surface area contributed by atoms with Gasteiger partial charge in [-0.3, -0.25) is 9.59 Å². The molecular formula is C18H16N4O3. The summed E-state index contributed by atoms with van der Waals surface area (Å²) < 4.78 is 5.25. The van der Waals surface area contributed by atoms with E-state index in [-0.39, 0.29) is 29.1 Å². The van der Waals surface area contributed by atoms with Gasteiger partial charge in [-0.15, -0.1) is 0 Å². The molecular weight excluding hydrogens is 320 g/mol. The van der Waals surface area contributed by atoms with E-state index in [1.807, 2.05) is 30.3 Å². The predicted octanol–water partition coefficient (Wildman–Crippen LogP) is 2.10. The van der Waals surface area contributed by atoms with Crippen molar-refractivity contribution in [1.82, 2.24) is 20.4 Å². The normalized spacial score (nSPS) is 19.2. The van der Waals surface area contributed by atoms with E-state index >= 15 is 0 Å². The molecule has 4 rings (SSSR count). The molecule has 3 aromatic rings. The third kappa shape index (κ3) is 3.21. The Kier molecular flexibility index (Phi) is 3.89. The van der Waals surface area contributed by atoms with Crippen molar-refractivity contribution in [3.8, 4) is 11.3 Å². The molecule has 1 fully saturated rings. The number of carbonyl (C=O) groups is 1. The summed E-state index contributed by atoms with van der Waals surface area (Å²) in [5.41, 5.74) is 1.74. The molecule has 0 saturated heterocycles. The van der Waals surface area contributed by atoms with Gasteiger partial charge in [0, 0.05) is 29.7 Å². The second-order valence-corrected chi connectivity index (χ2v) is 6.12. The predicted molar refractivity (Wildman–Crippen MR) is 90.0 cm³/mol. The van der Waals surface area contributed by atoms with Gasteiger partial charge in [0.1, 0.15) is 0 Å². The molecule has 7 nitrogen and oxygen atoms in total. The quantitative estimate of drug-likeness (QED) is 0.760. The standard InChI is InChI=1S/C18H16N4O3/c23-17-9-14(19-10-20-17)12-6-13(7-12)21-18(24)15-8-16(25-22-15)11-4-2-1-3-5-11/h1-5,8-10,12-13H,6-7H2,(H,21,24)(H,19,20,23). The molecule has 0 atom stereocenters. The number of benzene rings is 1. The molecule has 7 heteroatoms. The molecule has 1 aliphatic carbocycles. The summed E-state index contributed by atoms with van der Waals surface area (Å²) in [5, 5.41) is 6.78. The Morgan fingerprint density at radius 3 is 2.76 bits per heavy atom. The lowest BCUT2D eigenvalue weighted by atomic mass is 9.78. The van der Waals surface area contributed by atoms with Crippen LogP contribution in [0, 0.1) is 0 Å². The van der Waals surface area contributed by atoms with Gasteiger partial charge < -0.3 is 14.8 Å². The van der Waals surface area contributed by atoms with Gasteiger partial charge in [-0.2, -0.15) is 0 Å². The molecule has 25 heavy (non-hydrogen) atoms. The Bertz CT molecular complexity index is 942. The van der Waals surface area contributed by atoms with Gasteiger partial charge in [-0.25, -0.2) is 4.98 Å². The smallest absolute Gasteiger partial charge is 0.273 e. The number of aromatic nitrogens is 3. The maximum absolute atomic E-state index is 12.3. The van der Waals surface area contributed by atoms with E-state index < -0.39 is 0 Å². The van der Waals surface area contributed by atoms with Crippen LogP contribution in [0.5, 0.6) is 0 Å². The number of aromatic amines is 1. The molecule has 2 heterocycles. The minimum atomic E-state index is -0.256. The van der Waals surface area contributed by atoms with E-state index in [9.17, 15) is 9.59 Å². The highest BCUT2D eigenvalue weighted by Gasteiger charge is 2.33. The minimum Gasteiger partial charge on any atom is -0.355 e. The van der Waals surface area contributed by atoms with Crippen LogP contribution >= 0.6 is 0 Å². The van der Waals surface area contributed by atoms with Crippen LogP contribution < -0.4 is 10.9 Å². The van der Waals surface area contributed by atoms with E-state index in [2.05, 4.69) is 20.4 Å². The van der Waals surface area contributed by atoms with Gasteiger partial charge in [0.2, 0.25) is 0 Å². The molecule has 0 spiro atoms. The van der Waals surface area contributed by atoms with Crippen LogP contribution in [0.2, 0.25) is 0 Å². The molecule has 1 aromatic carbocycles. The number of amides is 1. The van der Waals surface area contributed by atoms with Crippen molar-refractivity contribution in [3.63, 3.8) is 0 Å². The lowest BCUT2D eigenvalue weighted by Crippen LogP contribution is -2.43. The summed E-state index contributed by atoms with van der Waals surface area (Å²) >= 11 is 0. The van der Waals surface area contributed by atoms with Crippen LogP contribution in [0.1, 0.15) is 34.9 Å². The molecule has 1 saturated carbocycles. The van der Waals surface area contributed by atoms with Crippen LogP contribution in [-0.4, -0.2) is 27.1 Å². The Hall–Kier alpha value is -3.22. The first-order valence-electron chi connectivity index (χ1n) is 8.06. The molecule has 1 amide bonds. The van der Waals surface area contributed by atoms with Gasteiger partial charge in [-0.1, -0.05) is 35.5 Å². The molecule has 0 bridgehead atoms. The summed E-state index contributed by atoms with van der Waals surface area (Å²) in [7, 11) is 0. The largest absolute Gasteiger partial charge is 0.355 e. The molecule has 2 aromatic heterocycles. The molecule has 126 valence electrons. The number of rotatable bonds is 4. The third-order valence-electron chi connectivity index (χ3n) is 4.39. The first-order chi connectivity index (χ1) is 12.2. The number of nitrogens with zero attached hydrogens (tertiary/aromatic N) is 2. The minimum absolute atomic E-state index is 0.0514. The zero-order valence-corrected chi connectivity index (χ0v) is 13.3. The highest BCUT2D eigenvalue weighted by Crippen LogP contribution is 2.35. The monoisotopic (exact) mass is 336 g/mol. The molecule has 0 unspecified atom stereocenters. The van der Waals surface area contributed by atoms with Crippen LogP contribution in [0.4, 0.5) is 0 Å². The summed E-state index contributed by atoms with van der Waals surface area (Å²) in [6, 6.07) is 12.7. The number of hydrogen-bond acceptors (Lipinski definition) is 5. The Morgan fingerprint density at radius 1 is 1.20 bits per heavy atom. The number of hydrogen-bond donors (Lipinski definition) is 2. The first kappa shape index (κ1) is 15.3. The molecule has 2 N–H and O–H groups in total. The second-order valence-electron chi connectivity index (χ2n) is 6.12. The fraction of sp³-hybridized carbons (Fsp3) is 0.222. The van der Waals surface area contributed by atoms with Crippen LogP contribution in [-0.2, 0) is 0 Å². The van der Waals surface area contributed by atoms with Crippen molar-refractivity contribution in [1.29, 1.82) is 0 Å². The van der Waals surface area contributed by atoms with Gasteiger partial charge >= 0.3 is 0 Å². The SMILES string of the molecule is O=C(NC1CC(c2cc(=O)[nH]cn2)C1)c1cc(-c2ccccc2)on1. The zero-order valence-electron chi connectivity index (χ0n) is 13.3. The highest BCUT2D eigenvalue weighted by atomic mass is 16.5. The summed E-state index contributed by atoms with van der Waals surface area (Å²) in [5.74, 6) is 0.503. The lowest BCUT2D eigenvalue weighted by Gasteiger charge is -2.35. The molecule has 0 radical (unpaired) electrons. The fourth-order valence-electron chi connectivity index (χ4n) is 2.96. The average molecular weight is 336 g/mol. The van der Waals surface area contributed by atoms with Crippen molar-refractivity contribution < 1.29 is 9.32 Å². The van der Waals surface area contributed by atoms with E-state index in [1.54, 1.807) is 6.07 Å². The molecule has 0 aliphatic heterocycles. The van der Waals surface area contributed by atoms with Crippen molar-refractivity contribution in [3.05, 3.63) is 70.5 Å². The van der Waals surface area contributed by atoms with Crippen molar-refractivity contribution in [2.75, 3.05) is 0 Å². The van der Waals surface area contributed by atoms with Crippen LogP contribution in [0.3, 0.4) is 0 Å². The summed E-state index contributed by atoms with van der Waals surface area (Å²) in [4.78, 5) is 30.3. The van der Waals surface area contributed by atoms with Gasteiger partial charge in [-0.05, 0) is 12.8 Å². The third-order valence-corrected chi connectivity index (χ3v) is 4.39. The Labute approximate surface area is 143 Å². The van der Waals surface area contributed by atoms with Gasteiger partial charge in [0.25, 0.3) is 11.5 Å². The first-order valence-corrected chi connectivity index (χ1v) is 8.06. The topological polar surface area (TPSA) is 101 Å². The number of carbonyl (C=O) groups excluding carboxylic acids is 1. The Balaban J connectivity index is 1.36. The Morgan fingerprint density at radius 2 is 2.00 bits per heavy atom. The summed E-state index contributed by atoms with van der Waals surface area (Å²) in [6.07, 6.45) is 2.92. The summed E-state index contributed by atoms with van der Waals surface area (Å²) in [6.45, 7) is 0. The van der Waals surface area contributed by atoms with E-state index in [4.69, 9.17) is 4.52 Å². The maximum atomic E-state index is 12.3. The van der Waals surface area contributed by atoms with E-state index in [0.717, 1.165) is 24.1 Å². The van der Waals surface area contributed by atoms with Crippen LogP contribution in [0.25, 0.3) is 11.3 Å². The molecule has 1 aliphatic rings. The van der Waals surface area contributed by atoms with Crippen molar-refractivity contribution in [2.45, 2.75) is 24.8 Å². The average Bonchev–Trinajstić information content (AvgIpc) is 3.08. The van der Waals surface area contributed by atoms with Gasteiger partial charge in [0.05, 0.1) is 12.0 Å². The zero-order chi connectivity index (χ0) is 17.2. The van der Waals surface area contributed by atoms with Gasteiger partial charge in [0.15, 0.2) is 11.5 Å². The van der Waals surface area contributed by atoms with Crippen LogP contribution in [0.15, 0.2) is 58.1 Å². The van der Waals surface area contributed by atoms with Crippen molar-refractivity contribution in [2.24, 2.45) is 0 Å².